The monoisotopic (exact) mass is 273 g/mol. The first-order chi connectivity index (χ1) is 9.47. The summed E-state index contributed by atoms with van der Waals surface area (Å²) in [5.41, 5.74) is 1.24. The molecule has 0 aromatic heterocycles. The highest BCUT2D eigenvalue weighted by Gasteiger charge is 2.09. The standard InChI is InChI=1S/C15H12FNO3/c1-9-2-7-12(8-13(9)16)17-14(18)10-3-5-11(6-4-10)15(19)20/h2-8H,1H3,(H,17,18)(H,19,20). The molecule has 20 heavy (non-hydrogen) atoms. The van der Waals surface area contributed by atoms with Crippen LogP contribution in [0.1, 0.15) is 26.3 Å². The van der Waals surface area contributed by atoms with E-state index in [1.165, 1.54) is 30.3 Å². The van der Waals surface area contributed by atoms with Gasteiger partial charge in [0.25, 0.3) is 5.91 Å². The van der Waals surface area contributed by atoms with Gasteiger partial charge in [-0.3, -0.25) is 4.79 Å². The molecule has 0 aliphatic rings. The SMILES string of the molecule is Cc1ccc(NC(=O)c2ccc(C(=O)O)cc2)cc1F. The molecule has 0 saturated heterocycles. The van der Waals surface area contributed by atoms with Crippen molar-refractivity contribution in [1.29, 1.82) is 0 Å². The van der Waals surface area contributed by atoms with Crippen molar-refractivity contribution in [3.05, 3.63) is 65.0 Å². The minimum absolute atomic E-state index is 0.0999. The third-order valence-corrected chi connectivity index (χ3v) is 2.82. The van der Waals surface area contributed by atoms with Crippen molar-refractivity contribution in [3.8, 4) is 0 Å². The molecule has 0 spiro atoms. The first-order valence-corrected chi connectivity index (χ1v) is 5.88. The Bertz CT molecular complexity index is 665. The van der Waals surface area contributed by atoms with E-state index in [2.05, 4.69) is 5.32 Å². The Labute approximate surface area is 114 Å². The van der Waals surface area contributed by atoms with E-state index in [0.717, 1.165) is 0 Å². The molecule has 1 amide bonds. The maximum absolute atomic E-state index is 13.4. The van der Waals surface area contributed by atoms with Crippen molar-refractivity contribution in [1.82, 2.24) is 0 Å². The summed E-state index contributed by atoms with van der Waals surface area (Å²) in [4.78, 5) is 22.6. The number of benzene rings is 2. The highest BCUT2D eigenvalue weighted by atomic mass is 19.1. The van der Waals surface area contributed by atoms with Gasteiger partial charge in [-0.05, 0) is 48.9 Å². The summed E-state index contributed by atoms with van der Waals surface area (Å²) in [6.45, 7) is 1.63. The lowest BCUT2D eigenvalue weighted by Crippen LogP contribution is -2.12. The fourth-order valence-electron chi connectivity index (χ4n) is 1.64. The second-order valence-electron chi connectivity index (χ2n) is 4.30. The lowest BCUT2D eigenvalue weighted by atomic mass is 10.1. The molecule has 0 bridgehead atoms. The van der Waals surface area contributed by atoms with Gasteiger partial charge in [-0.2, -0.15) is 0 Å². The highest BCUT2D eigenvalue weighted by Crippen LogP contribution is 2.15. The van der Waals surface area contributed by atoms with Crippen LogP contribution in [0.25, 0.3) is 0 Å². The third-order valence-electron chi connectivity index (χ3n) is 2.82. The Morgan fingerprint density at radius 1 is 1.05 bits per heavy atom. The Morgan fingerprint density at radius 3 is 2.20 bits per heavy atom. The van der Waals surface area contributed by atoms with E-state index in [-0.39, 0.29) is 5.56 Å². The van der Waals surface area contributed by atoms with Crippen LogP contribution in [0.3, 0.4) is 0 Å². The smallest absolute Gasteiger partial charge is 0.335 e. The maximum atomic E-state index is 13.4. The molecule has 0 atom stereocenters. The molecule has 5 heteroatoms. The molecule has 0 aliphatic heterocycles. The lowest BCUT2D eigenvalue weighted by molar-refractivity contribution is 0.0696. The number of aryl methyl sites for hydroxylation is 1. The van der Waals surface area contributed by atoms with Crippen LogP contribution in [0.4, 0.5) is 10.1 Å². The number of carbonyl (C=O) groups is 2. The highest BCUT2D eigenvalue weighted by molar-refractivity contribution is 6.04. The zero-order valence-electron chi connectivity index (χ0n) is 10.7. The van der Waals surface area contributed by atoms with Gasteiger partial charge in [-0.1, -0.05) is 6.07 Å². The van der Waals surface area contributed by atoms with Crippen LogP contribution in [0, 0.1) is 12.7 Å². The first-order valence-electron chi connectivity index (χ1n) is 5.88. The fraction of sp³-hybridized carbons (Fsp3) is 0.0667. The molecular weight excluding hydrogens is 261 g/mol. The van der Waals surface area contributed by atoms with Crippen LogP contribution in [-0.4, -0.2) is 17.0 Å². The van der Waals surface area contributed by atoms with Crippen LogP contribution in [-0.2, 0) is 0 Å². The molecule has 0 heterocycles. The van der Waals surface area contributed by atoms with E-state index in [9.17, 15) is 14.0 Å². The molecule has 0 aliphatic carbocycles. The summed E-state index contributed by atoms with van der Waals surface area (Å²) in [6.07, 6.45) is 0. The minimum Gasteiger partial charge on any atom is -0.478 e. The third kappa shape index (κ3) is 3.00. The average molecular weight is 273 g/mol. The van der Waals surface area contributed by atoms with Crippen LogP contribution in [0.15, 0.2) is 42.5 Å². The van der Waals surface area contributed by atoms with Crippen molar-refractivity contribution in [2.75, 3.05) is 5.32 Å². The quantitative estimate of drug-likeness (QED) is 0.903. The molecule has 2 aromatic rings. The summed E-state index contributed by atoms with van der Waals surface area (Å²) < 4.78 is 13.4. The molecule has 0 saturated carbocycles. The number of amides is 1. The van der Waals surface area contributed by atoms with Crippen LogP contribution >= 0.6 is 0 Å². The predicted molar refractivity (Wildman–Crippen MR) is 72.5 cm³/mol. The number of hydrogen-bond donors (Lipinski definition) is 2. The van der Waals surface area contributed by atoms with Gasteiger partial charge in [-0.25, -0.2) is 9.18 Å². The number of rotatable bonds is 3. The summed E-state index contributed by atoms with van der Waals surface area (Å²) in [6, 6.07) is 9.89. The van der Waals surface area contributed by atoms with Gasteiger partial charge in [-0.15, -0.1) is 0 Å². The molecule has 0 unspecified atom stereocenters. The van der Waals surface area contributed by atoms with Crippen molar-refractivity contribution >= 4 is 17.6 Å². The molecule has 2 aromatic carbocycles. The van der Waals surface area contributed by atoms with Gasteiger partial charge in [0.15, 0.2) is 0 Å². The molecule has 0 radical (unpaired) electrons. The topological polar surface area (TPSA) is 66.4 Å². The zero-order valence-corrected chi connectivity index (χ0v) is 10.7. The van der Waals surface area contributed by atoms with E-state index in [0.29, 0.717) is 16.8 Å². The number of hydrogen-bond acceptors (Lipinski definition) is 2. The molecular formula is C15H12FNO3. The largest absolute Gasteiger partial charge is 0.478 e. The van der Waals surface area contributed by atoms with E-state index in [4.69, 9.17) is 5.11 Å². The fourth-order valence-corrected chi connectivity index (χ4v) is 1.64. The van der Waals surface area contributed by atoms with Crippen LogP contribution in [0.2, 0.25) is 0 Å². The second-order valence-corrected chi connectivity index (χ2v) is 4.30. The van der Waals surface area contributed by atoms with Crippen molar-refractivity contribution in [2.24, 2.45) is 0 Å². The van der Waals surface area contributed by atoms with E-state index in [1.54, 1.807) is 19.1 Å². The Balaban J connectivity index is 2.15. The average Bonchev–Trinajstić information content (AvgIpc) is 2.43. The number of carboxylic acid groups (broad SMARTS) is 1. The molecule has 0 fully saturated rings. The Morgan fingerprint density at radius 2 is 1.65 bits per heavy atom. The van der Waals surface area contributed by atoms with Crippen LogP contribution < -0.4 is 5.32 Å². The lowest BCUT2D eigenvalue weighted by Gasteiger charge is -2.06. The van der Waals surface area contributed by atoms with Gasteiger partial charge in [0.1, 0.15) is 5.82 Å². The Kier molecular flexibility index (Phi) is 3.79. The van der Waals surface area contributed by atoms with E-state index < -0.39 is 17.7 Å². The molecule has 4 nitrogen and oxygen atoms in total. The van der Waals surface area contributed by atoms with Gasteiger partial charge in [0.2, 0.25) is 0 Å². The summed E-state index contributed by atoms with van der Waals surface area (Å²) in [5, 5.41) is 11.3. The summed E-state index contributed by atoms with van der Waals surface area (Å²) >= 11 is 0. The van der Waals surface area contributed by atoms with E-state index >= 15 is 0 Å². The van der Waals surface area contributed by atoms with Crippen LogP contribution in [0.5, 0.6) is 0 Å². The number of aromatic carboxylic acids is 1. The number of halogens is 1. The second kappa shape index (κ2) is 5.52. The summed E-state index contributed by atoms with van der Waals surface area (Å²) in [7, 11) is 0. The molecule has 2 N–H and O–H groups in total. The number of carbonyl (C=O) groups excluding carboxylic acids is 1. The van der Waals surface area contributed by atoms with Crippen molar-refractivity contribution in [2.45, 2.75) is 6.92 Å². The van der Waals surface area contributed by atoms with Crippen molar-refractivity contribution in [3.63, 3.8) is 0 Å². The number of nitrogens with one attached hydrogen (secondary N) is 1. The van der Waals surface area contributed by atoms with Gasteiger partial charge < -0.3 is 10.4 Å². The predicted octanol–water partition coefficient (Wildman–Crippen LogP) is 3.08. The van der Waals surface area contributed by atoms with Gasteiger partial charge in [0, 0.05) is 11.3 Å². The molecule has 102 valence electrons. The van der Waals surface area contributed by atoms with Gasteiger partial charge in [0.05, 0.1) is 5.56 Å². The summed E-state index contributed by atoms with van der Waals surface area (Å²) in [5.74, 6) is -1.88. The van der Waals surface area contributed by atoms with Crippen molar-refractivity contribution < 1.29 is 19.1 Å². The zero-order chi connectivity index (χ0) is 14.7. The van der Waals surface area contributed by atoms with E-state index in [1.807, 2.05) is 0 Å². The normalized spacial score (nSPS) is 10.1. The molecule has 2 rings (SSSR count). The minimum atomic E-state index is -1.06. The number of carboxylic acids is 1. The Hall–Kier alpha value is -2.69. The first kappa shape index (κ1) is 13.7. The number of anilines is 1. The van der Waals surface area contributed by atoms with Gasteiger partial charge >= 0.3 is 5.97 Å². The maximum Gasteiger partial charge on any atom is 0.335 e.